The number of rotatable bonds is 8. The average Bonchev–Trinajstić information content (AvgIpc) is 4.11. The number of aliphatic hydroxyl groups is 3. The van der Waals surface area contributed by atoms with Gasteiger partial charge in [0.2, 0.25) is 0 Å². The highest BCUT2D eigenvalue weighted by molar-refractivity contribution is 8.76. The van der Waals surface area contributed by atoms with Crippen molar-refractivity contribution < 1.29 is 34.4 Å². The van der Waals surface area contributed by atoms with Crippen molar-refractivity contribution in [1.29, 1.82) is 0 Å². The van der Waals surface area contributed by atoms with E-state index in [1.807, 2.05) is 28.5 Å². The fraction of sp³-hybridized carbons (Fsp3) is 0.700. The number of carbonyl (C=O) groups is 2. The number of ether oxygens (including phenoxy) is 2. The standard InChI is InChI=1S/C60H80O7S2/c1-41-17-20-50(61)60-51(62)23-28-56(3,47-22-29-57(36-47)25-10-11-26-57)53(60)49-37-55(2,59(60,65)30-21-45-34-52(63)66-38-45)24-12-27-58(54(64)67-49)35-44(32-42-13-6-4-7-14-42)18-19-48(58)40-69-68-39-46(31-41)33-43-15-8-5-9-16-43/h4-9,13-16,34,41,44,46-51,53,61-62,65H,10-11,17-23,25-33,35-40H2,1-3H3. The lowest BCUT2D eigenvalue weighted by molar-refractivity contribution is -0.338. The van der Waals surface area contributed by atoms with Crippen molar-refractivity contribution in [3.8, 4) is 11.8 Å². The molecule has 9 heteroatoms. The fourth-order valence-corrected chi connectivity index (χ4v) is 20.0. The van der Waals surface area contributed by atoms with Crippen LogP contribution >= 0.6 is 21.6 Å². The van der Waals surface area contributed by atoms with Gasteiger partial charge in [-0.1, -0.05) is 115 Å². The minimum atomic E-state index is -1.71. The molecule has 69 heavy (non-hydrogen) atoms. The number of carbonyl (C=O) groups excluding carboxylic acids is 2. The lowest BCUT2D eigenvalue weighted by Gasteiger charge is -2.71. The zero-order valence-corrected chi connectivity index (χ0v) is 43.4. The highest BCUT2D eigenvalue weighted by atomic mass is 33.1. The molecule has 7 nitrogen and oxygen atoms in total. The van der Waals surface area contributed by atoms with Gasteiger partial charge in [0, 0.05) is 36.3 Å². The molecule has 3 heterocycles. The molecule has 8 aliphatic rings. The van der Waals surface area contributed by atoms with Gasteiger partial charge < -0.3 is 24.8 Å². The summed E-state index contributed by atoms with van der Waals surface area (Å²) in [5, 5.41) is 41.7. The normalized spacial score (nSPS) is 42.2. The molecule has 2 aromatic rings. The van der Waals surface area contributed by atoms with Gasteiger partial charge in [-0.3, -0.25) is 4.79 Å². The molecule has 2 spiro atoms. The molecule has 10 rings (SSSR count). The van der Waals surface area contributed by atoms with Crippen LogP contribution in [0.25, 0.3) is 0 Å². The second-order valence-electron chi connectivity index (χ2n) is 24.6. The third kappa shape index (κ3) is 9.12. The van der Waals surface area contributed by atoms with E-state index in [-0.39, 0.29) is 42.7 Å². The van der Waals surface area contributed by atoms with Crippen molar-refractivity contribution in [3.63, 3.8) is 0 Å². The molecule has 1 saturated heterocycles. The Bertz CT molecular complexity index is 2250. The van der Waals surface area contributed by atoms with Crippen molar-refractivity contribution in [2.24, 2.45) is 62.6 Å². The molecule has 0 aromatic heterocycles. The Hall–Kier alpha value is -2.74. The first kappa shape index (κ1) is 49.8. The first-order chi connectivity index (χ1) is 33.2. The summed E-state index contributed by atoms with van der Waals surface area (Å²) in [5.74, 6) is 9.57. The lowest BCUT2D eigenvalue weighted by Crippen LogP contribution is -2.79. The number of esters is 2. The van der Waals surface area contributed by atoms with Gasteiger partial charge in [0.05, 0.1) is 34.1 Å². The molecule has 2 aromatic carbocycles. The predicted molar refractivity (Wildman–Crippen MR) is 277 cm³/mol. The van der Waals surface area contributed by atoms with Gasteiger partial charge in [-0.25, -0.2) is 4.79 Å². The van der Waals surface area contributed by atoms with E-state index in [0.717, 1.165) is 74.9 Å². The summed E-state index contributed by atoms with van der Waals surface area (Å²) in [6, 6.07) is 21.5. The first-order valence-electron chi connectivity index (χ1n) is 27.2. The molecule has 3 aliphatic heterocycles. The number of benzene rings is 2. The fourth-order valence-electron chi connectivity index (χ4n) is 17.0. The Morgan fingerprint density at radius 3 is 2.16 bits per heavy atom. The van der Waals surface area contributed by atoms with Gasteiger partial charge in [-0.2, -0.15) is 0 Å². The van der Waals surface area contributed by atoms with E-state index in [9.17, 15) is 20.1 Å². The summed E-state index contributed by atoms with van der Waals surface area (Å²) in [6.07, 6.45) is 16.2. The monoisotopic (exact) mass is 977 g/mol. The van der Waals surface area contributed by atoms with E-state index in [2.05, 4.69) is 86.4 Å². The number of aliphatic hydroxyl groups excluding tert-OH is 2. The highest BCUT2D eigenvalue weighted by Crippen LogP contribution is 2.73. The van der Waals surface area contributed by atoms with Crippen LogP contribution < -0.4 is 0 Å². The third-order valence-corrected chi connectivity index (χ3v) is 23.2. The maximum atomic E-state index is 16.1. The van der Waals surface area contributed by atoms with Crippen LogP contribution in [0.5, 0.6) is 0 Å². The number of fused-ring (bicyclic) bond motifs is 2. The topological polar surface area (TPSA) is 113 Å². The summed E-state index contributed by atoms with van der Waals surface area (Å²) >= 11 is 0. The zero-order chi connectivity index (χ0) is 48.1. The van der Waals surface area contributed by atoms with Crippen molar-refractivity contribution in [2.75, 3.05) is 18.1 Å². The van der Waals surface area contributed by atoms with Gasteiger partial charge in [-0.05, 0) is 173 Å². The Balaban J connectivity index is 1.13. The highest BCUT2D eigenvalue weighted by Gasteiger charge is 2.78. The van der Waals surface area contributed by atoms with E-state index in [1.54, 1.807) is 6.08 Å². The number of hydrogen-bond donors (Lipinski definition) is 3. The Kier molecular flexibility index (Phi) is 14.4. The van der Waals surface area contributed by atoms with Crippen LogP contribution in [0.15, 0.2) is 72.3 Å². The van der Waals surface area contributed by atoms with E-state index in [0.29, 0.717) is 55.8 Å². The van der Waals surface area contributed by atoms with Gasteiger partial charge in [0.1, 0.15) is 12.7 Å². The SMILES string of the molecule is CC1CCC(O)C23C(O)CCC(C)(C4CCC5(CCCC5)C4)C2C2CC(C)(C#CCC4(CC(Cc5ccccc5)CCC4CSSCC(Cc4ccccc4)C1)C(=O)O2)C3(O)CCC1=CC(=O)OC1. The average molecular weight is 977 g/mol. The van der Waals surface area contributed by atoms with Crippen molar-refractivity contribution >= 4 is 33.5 Å². The molecular formula is C60H80O7S2. The number of hydrogen-bond acceptors (Lipinski definition) is 9. The van der Waals surface area contributed by atoms with Crippen LogP contribution in [0, 0.1) is 74.4 Å². The van der Waals surface area contributed by atoms with Crippen molar-refractivity contribution in [2.45, 2.75) is 180 Å². The van der Waals surface area contributed by atoms with Gasteiger partial charge in [-0.15, -0.1) is 5.92 Å². The van der Waals surface area contributed by atoms with Crippen molar-refractivity contribution in [1.82, 2.24) is 0 Å². The van der Waals surface area contributed by atoms with E-state index < -0.39 is 51.5 Å². The minimum absolute atomic E-state index is 0.0539. The second kappa shape index (κ2) is 19.9. The maximum Gasteiger partial charge on any atom is 0.331 e. The largest absolute Gasteiger partial charge is 0.462 e. The quantitative estimate of drug-likeness (QED) is 0.135. The molecule has 5 saturated carbocycles. The van der Waals surface area contributed by atoms with Gasteiger partial charge in [0.15, 0.2) is 0 Å². The van der Waals surface area contributed by atoms with Crippen LogP contribution in [0.3, 0.4) is 0 Å². The maximum absolute atomic E-state index is 16.1. The second-order valence-corrected chi connectivity index (χ2v) is 27.1. The molecule has 3 N–H and O–H groups in total. The molecule has 14 atom stereocenters. The minimum Gasteiger partial charge on any atom is -0.462 e. The summed E-state index contributed by atoms with van der Waals surface area (Å²) in [7, 11) is 3.89. The number of cyclic esters (lactones) is 1. The summed E-state index contributed by atoms with van der Waals surface area (Å²) in [6.45, 7) is 6.96. The summed E-state index contributed by atoms with van der Waals surface area (Å²) in [5.41, 5.74) is -1.91. The summed E-state index contributed by atoms with van der Waals surface area (Å²) < 4.78 is 12.9. The van der Waals surface area contributed by atoms with Crippen molar-refractivity contribution in [3.05, 3.63) is 83.4 Å². The molecule has 4 bridgehead atoms. The molecule has 0 radical (unpaired) electrons. The predicted octanol–water partition coefficient (Wildman–Crippen LogP) is 11.9. The van der Waals surface area contributed by atoms with E-state index in [1.165, 1.54) is 43.2 Å². The Morgan fingerprint density at radius 2 is 1.45 bits per heavy atom. The van der Waals surface area contributed by atoms with Crippen LogP contribution in [-0.4, -0.2) is 69.3 Å². The van der Waals surface area contributed by atoms with E-state index in [4.69, 9.17) is 9.47 Å². The molecular weight excluding hydrogens is 897 g/mol. The molecule has 5 aliphatic carbocycles. The van der Waals surface area contributed by atoms with E-state index >= 15 is 4.79 Å². The smallest absolute Gasteiger partial charge is 0.331 e. The molecule has 14 unspecified atom stereocenters. The summed E-state index contributed by atoms with van der Waals surface area (Å²) in [4.78, 5) is 28.7. The lowest BCUT2D eigenvalue weighted by atomic mass is 9.35. The molecule has 0 amide bonds. The van der Waals surface area contributed by atoms with Gasteiger partial charge in [0.25, 0.3) is 0 Å². The Labute approximate surface area is 421 Å². The molecule has 374 valence electrons. The Morgan fingerprint density at radius 1 is 0.754 bits per heavy atom. The van der Waals surface area contributed by atoms with Crippen LogP contribution in [0.4, 0.5) is 0 Å². The van der Waals surface area contributed by atoms with Crippen LogP contribution in [0.2, 0.25) is 0 Å². The third-order valence-electron chi connectivity index (χ3n) is 20.6. The molecule has 6 fully saturated rings. The zero-order valence-electron chi connectivity index (χ0n) is 41.8. The van der Waals surface area contributed by atoms with Crippen LogP contribution in [-0.2, 0) is 31.9 Å². The van der Waals surface area contributed by atoms with Gasteiger partial charge >= 0.3 is 11.9 Å². The van der Waals surface area contributed by atoms with Crippen LogP contribution in [0.1, 0.15) is 154 Å². The first-order valence-corrected chi connectivity index (χ1v) is 29.7.